The lowest BCUT2D eigenvalue weighted by Crippen LogP contribution is -2.49. The molecule has 0 spiro atoms. The molecule has 0 radical (unpaired) electrons. The van der Waals surface area contributed by atoms with E-state index in [2.05, 4.69) is 0 Å². The zero-order chi connectivity index (χ0) is 10.6. The van der Waals surface area contributed by atoms with Crippen LogP contribution in [0.2, 0.25) is 0 Å². The quantitative estimate of drug-likeness (QED) is 0.664. The van der Waals surface area contributed by atoms with Gasteiger partial charge in [0.05, 0.1) is 0 Å². The normalized spacial score (nSPS) is 19.4. The molecule has 0 aromatic carbocycles. The van der Waals surface area contributed by atoms with E-state index in [-0.39, 0.29) is 6.61 Å². The number of carbonyl (C=O) groups is 1. The third-order valence-corrected chi connectivity index (χ3v) is 2.97. The Labute approximate surface area is 84.5 Å². The van der Waals surface area contributed by atoms with Crippen molar-refractivity contribution in [3.8, 4) is 0 Å². The first-order valence-corrected chi connectivity index (χ1v) is 5.26. The number of aliphatic hydroxyl groups excluding tert-OH is 1. The number of aliphatic carboxylic acids is 1. The molecule has 1 aliphatic rings. The second-order valence-corrected chi connectivity index (χ2v) is 3.91. The van der Waals surface area contributed by atoms with Gasteiger partial charge in [-0.3, -0.25) is 9.69 Å². The van der Waals surface area contributed by atoms with E-state index in [4.69, 9.17) is 10.2 Å². The summed E-state index contributed by atoms with van der Waals surface area (Å²) in [5, 5.41) is 17.7. The van der Waals surface area contributed by atoms with Crippen LogP contribution in [0, 0.1) is 0 Å². The van der Waals surface area contributed by atoms with Crippen molar-refractivity contribution >= 4 is 5.97 Å². The van der Waals surface area contributed by atoms with Crippen molar-refractivity contribution in [3.63, 3.8) is 0 Å². The van der Waals surface area contributed by atoms with Crippen LogP contribution in [0.4, 0.5) is 0 Å². The molecule has 0 aromatic heterocycles. The number of aliphatic hydroxyl groups is 1. The maximum absolute atomic E-state index is 10.8. The Hall–Kier alpha value is -0.610. The molecule has 0 bridgehead atoms. The molecule has 14 heavy (non-hydrogen) atoms. The molecule has 0 aliphatic heterocycles. The first-order chi connectivity index (χ1) is 6.66. The van der Waals surface area contributed by atoms with Crippen molar-refractivity contribution < 1.29 is 15.0 Å². The summed E-state index contributed by atoms with van der Waals surface area (Å²) >= 11 is 0. The third kappa shape index (κ3) is 2.69. The molecule has 1 aliphatic carbocycles. The van der Waals surface area contributed by atoms with Gasteiger partial charge in [-0.25, -0.2) is 0 Å². The maximum atomic E-state index is 10.8. The van der Waals surface area contributed by atoms with E-state index >= 15 is 0 Å². The molecule has 4 heteroatoms. The van der Waals surface area contributed by atoms with E-state index in [9.17, 15) is 4.79 Å². The highest BCUT2D eigenvalue weighted by atomic mass is 16.4. The van der Waals surface area contributed by atoms with Crippen molar-refractivity contribution in [1.82, 2.24) is 4.90 Å². The predicted octanol–water partition coefficient (Wildman–Crippen LogP) is 0.696. The van der Waals surface area contributed by atoms with Crippen molar-refractivity contribution in [2.24, 2.45) is 0 Å². The molecule has 1 rings (SSSR count). The highest BCUT2D eigenvalue weighted by Gasteiger charge is 2.30. The largest absolute Gasteiger partial charge is 0.480 e. The highest BCUT2D eigenvalue weighted by Crippen LogP contribution is 2.26. The molecule has 1 atom stereocenters. The third-order valence-electron chi connectivity index (χ3n) is 2.97. The van der Waals surface area contributed by atoms with Gasteiger partial charge in [0, 0.05) is 19.2 Å². The summed E-state index contributed by atoms with van der Waals surface area (Å²) < 4.78 is 0. The molecule has 2 N–H and O–H groups in total. The van der Waals surface area contributed by atoms with Gasteiger partial charge in [0.15, 0.2) is 0 Å². The molecule has 82 valence electrons. The molecular weight excluding hydrogens is 182 g/mol. The Morgan fingerprint density at radius 1 is 1.57 bits per heavy atom. The average Bonchev–Trinajstić information content (AvgIpc) is 2.07. The Balaban J connectivity index is 2.46. The second kappa shape index (κ2) is 5.32. The van der Waals surface area contributed by atoms with Gasteiger partial charge < -0.3 is 10.2 Å². The summed E-state index contributed by atoms with van der Waals surface area (Å²) in [5.74, 6) is -0.769. The van der Waals surface area contributed by atoms with Gasteiger partial charge in [-0.1, -0.05) is 6.42 Å². The van der Waals surface area contributed by atoms with E-state index in [0.29, 0.717) is 19.0 Å². The fourth-order valence-corrected chi connectivity index (χ4v) is 1.81. The SMILES string of the molecule is CC(C(=O)O)N(CCCO)C1CCC1. The minimum Gasteiger partial charge on any atom is -0.480 e. The van der Waals surface area contributed by atoms with Gasteiger partial charge in [0.2, 0.25) is 0 Å². The van der Waals surface area contributed by atoms with Gasteiger partial charge in [-0.2, -0.15) is 0 Å². The van der Waals surface area contributed by atoms with Gasteiger partial charge in [-0.15, -0.1) is 0 Å². The number of rotatable bonds is 6. The molecular formula is C10H19NO3. The summed E-state index contributed by atoms with van der Waals surface area (Å²) in [4.78, 5) is 12.8. The number of nitrogens with zero attached hydrogens (tertiary/aromatic N) is 1. The van der Waals surface area contributed by atoms with Crippen LogP contribution in [0.3, 0.4) is 0 Å². The number of carboxylic acids is 1. The van der Waals surface area contributed by atoms with E-state index in [1.54, 1.807) is 6.92 Å². The minimum atomic E-state index is -0.769. The van der Waals surface area contributed by atoms with Gasteiger partial charge in [-0.05, 0) is 26.2 Å². The number of carboxylic acid groups (broad SMARTS) is 1. The maximum Gasteiger partial charge on any atom is 0.320 e. The summed E-state index contributed by atoms with van der Waals surface area (Å²) in [6.07, 6.45) is 4.06. The van der Waals surface area contributed by atoms with E-state index in [0.717, 1.165) is 12.8 Å². The summed E-state index contributed by atoms with van der Waals surface area (Å²) in [7, 11) is 0. The number of hydrogen-bond donors (Lipinski definition) is 2. The van der Waals surface area contributed by atoms with Crippen LogP contribution in [0.15, 0.2) is 0 Å². The lowest BCUT2D eigenvalue weighted by Gasteiger charge is -2.39. The topological polar surface area (TPSA) is 60.8 Å². The van der Waals surface area contributed by atoms with Gasteiger partial charge in [0.25, 0.3) is 0 Å². The van der Waals surface area contributed by atoms with Crippen LogP contribution < -0.4 is 0 Å². The first kappa shape index (κ1) is 11.5. The molecule has 4 nitrogen and oxygen atoms in total. The fourth-order valence-electron chi connectivity index (χ4n) is 1.81. The van der Waals surface area contributed by atoms with Gasteiger partial charge in [0.1, 0.15) is 6.04 Å². The van der Waals surface area contributed by atoms with Crippen LogP contribution in [-0.2, 0) is 4.79 Å². The average molecular weight is 201 g/mol. The fraction of sp³-hybridized carbons (Fsp3) is 0.900. The second-order valence-electron chi connectivity index (χ2n) is 3.91. The molecule has 1 fully saturated rings. The Morgan fingerprint density at radius 2 is 2.21 bits per heavy atom. The standard InChI is InChI=1S/C10H19NO3/c1-8(10(13)14)11(6-3-7-12)9-4-2-5-9/h8-9,12H,2-7H2,1H3,(H,13,14). The molecule has 0 aromatic rings. The Morgan fingerprint density at radius 3 is 2.57 bits per heavy atom. The smallest absolute Gasteiger partial charge is 0.320 e. The Bertz CT molecular complexity index is 192. The molecule has 1 saturated carbocycles. The predicted molar refractivity (Wildman–Crippen MR) is 53.1 cm³/mol. The van der Waals surface area contributed by atoms with Crippen LogP contribution in [-0.4, -0.2) is 46.3 Å². The first-order valence-electron chi connectivity index (χ1n) is 5.26. The Kier molecular flexibility index (Phi) is 4.35. The van der Waals surface area contributed by atoms with Crippen LogP contribution in [0.1, 0.15) is 32.6 Å². The van der Waals surface area contributed by atoms with Crippen molar-refractivity contribution in [2.45, 2.75) is 44.7 Å². The summed E-state index contributed by atoms with van der Waals surface area (Å²) in [6.45, 7) is 2.54. The van der Waals surface area contributed by atoms with E-state index in [1.807, 2.05) is 4.90 Å². The van der Waals surface area contributed by atoms with E-state index in [1.165, 1.54) is 6.42 Å². The molecule has 0 amide bonds. The van der Waals surface area contributed by atoms with E-state index < -0.39 is 12.0 Å². The van der Waals surface area contributed by atoms with Gasteiger partial charge >= 0.3 is 5.97 Å². The summed E-state index contributed by atoms with van der Waals surface area (Å²) in [5.41, 5.74) is 0. The van der Waals surface area contributed by atoms with Crippen molar-refractivity contribution in [2.75, 3.05) is 13.2 Å². The minimum absolute atomic E-state index is 0.134. The zero-order valence-electron chi connectivity index (χ0n) is 8.65. The lowest BCUT2D eigenvalue weighted by atomic mass is 9.90. The van der Waals surface area contributed by atoms with Crippen LogP contribution >= 0.6 is 0 Å². The zero-order valence-corrected chi connectivity index (χ0v) is 8.65. The summed E-state index contributed by atoms with van der Waals surface area (Å²) in [6, 6.07) is -0.000463. The molecule has 0 heterocycles. The van der Waals surface area contributed by atoms with Crippen LogP contribution in [0.5, 0.6) is 0 Å². The lowest BCUT2D eigenvalue weighted by molar-refractivity contribution is -0.144. The van der Waals surface area contributed by atoms with Crippen LogP contribution in [0.25, 0.3) is 0 Å². The van der Waals surface area contributed by atoms with Crippen molar-refractivity contribution in [3.05, 3.63) is 0 Å². The molecule has 1 unspecified atom stereocenters. The highest BCUT2D eigenvalue weighted by molar-refractivity contribution is 5.72. The van der Waals surface area contributed by atoms with Crippen molar-refractivity contribution in [1.29, 1.82) is 0 Å². The monoisotopic (exact) mass is 201 g/mol. The number of hydrogen-bond acceptors (Lipinski definition) is 3. The molecule has 0 saturated heterocycles.